The monoisotopic (exact) mass is 362 g/mol. The molecule has 1 aromatic carbocycles. The molecule has 1 fully saturated rings. The Morgan fingerprint density at radius 2 is 1.81 bits per heavy atom. The van der Waals surface area contributed by atoms with Crippen molar-refractivity contribution in [1.29, 1.82) is 0 Å². The van der Waals surface area contributed by atoms with Crippen molar-refractivity contribution in [2.24, 2.45) is 11.3 Å². The molecule has 1 aromatic rings. The zero-order chi connectivity index (χ0) is 18.9. The average molecular weight is 362 g/mol. The number of amides is 2. The maximum absolute atomic E-state index is 12.5. The van der Waals surface area contributed by atoms with E-state index in [1.807, 2.05) is 0 Å². The number of likely N-dealkylation sites (tertiary alicyclic amines) is 1. The maximum atomic E-state index is 12.5. The molecule has 8 nitrogen and oxygen atoms in total. The molecule has 1 saturated heterocycles. The number of hydrogen-bond acceptors (Lipinski definition) is 5. The van der Waals surface area contributed by atoms with Gasteiger partial charge in [-0.05, 0) is 38.8 Å². The quantitative estimate of drug-likeness (QED) is 0.790. The third kappa shape index (κ3) is 3.44. The number of aliphatic carboxylic acids is 1. The number of carboxylic acids is 1. The van der Waals surface area contributed by atoms with E-state index in [-0.39, 0.29) is 18.6 Å². The first-order chi connectivity index (χ1) is 12.3. The zero-order valence-electron chi connectivity index (χ0n) is 14.8. The predicted octanol–water partition coefficient (Wildman–Crippen LogP) is 1.70. The van der Waals surface area contributed by atoms with Crippen molar-refractivity contribution in [2.45, 2.75) is 26.7 Å². The van der Waals surface area contributed by atoms with Crippen LogP contribution < -0.4 is 14.8 Å². The summed E-state index contributed by atoms with van der Waals surface area (Å²) in [7, 11) is 0. The molecule has 0 unspecified atom stereocenters. The molecule has 2 aliphatic heterocycles. The van der Waals surface area contributed by atoms with Gasteiger partial charge in [0.1, 0.15) is 5.41 Å². The fourth-order valence-corrected chi connectivity index (χ4v) is 3.05. The molecule has 2 amide bonds. The fourth-order valence-electron chi connectivity index (χ4n) is 3.05. The van der Waals surface area contributed by atoms with Gasteiger partial charge >= 0.3 is 5.97 Å². The summed E-state index contributed by atoms with van der Waals surface area (Å²) in [5.74, 6) is -0.661. The Hall–Kier alpha value is -2.77. The summed E-state index contributed by atoms with van der Waals surface area (Å²) < 4.78 is 10.5. The molecule has 2 N–H and O–H groups in total. The van der Waals surface area contributed by atoms with Crippen LogP contribution in [0.15, 0.2) is 18.2 Å². The van der Waals surface area contributed by atoms with Gasteiger partial charge in [-0.15, -0.1) is 0 Å². The Bertz CT molecular complexity index is 737. The number of ether oxygens (including phenoxy) is 2. The fraction of sp³-hybridized carbons (Fsp3) is 0.500. The molecule has 3 rings (SSSR count). The second-order valence-corrected chi connectivity index (χ2v) is 7.05. The molecule has 0 radical (unpaired) electrons. The second kappa shape index (κ2) is 6.86. The van der Waals surface area contributed by atoms with Gasteiger partial charge in [0.15, 0.2) is 11.5 Å². The van der Waals surface area contributed by atoms with Crippen LogP contribution in [0.4, 0.5) is 5.69 Å². The first-order valence-corrected chi connectivity index (χ1v) is 8.52. The summed E-state index contributed by atoms with van der Waals surface area (Å²) in [4.78, 5) is 37.6. The van der Waals surface area contributed by atoms with Crippen LogP contribution >= 0.6 is 0 Å². The number of hydrogen-bond donors (Lipinski definition) is 2. The summed E-state index contributed by atoms with van der Waals surface area (Å²) in [5, 5.41) is 12.0. The third-order valence-corrected chi connectivity index (χ3v) is 4.86. The Balaban J connectivity index is 1.55. The average Bonchev–Trinajstić information content (AvgIpc) is 3.08. The van der Waals surface area contributed by atoms with Crippen LogP contribution in [0.2, 0.25) is 0 Å². The van der Waals surface area contributed by atoms with Crippen molar-refractivity contribution in [2.75, 3.05) is 25.2 Å². The number of benzene rings is 1. The number of carbonyl (C=O) groups excluding carboxylic acids is 2. The van der Waals surface area contributed by atoms with Gasteiger partial charge < -0.3 is 24.8 Å². The molecule has 2 heterocycles. The summed E-state index contributed by atoms with van der Waals surface area (Å²) in [6.07, 6.45) is 0.996. The van der Waals surface area contributed by atoms with Crippen LogP contribution in [0.25, 0.3) is 0 Å². The minimum atomic E-state index is -1.46. The molecule has 0 spiro atoms. The van der Waals surface area contributed by atoms with Gasteiger partial charge in [0.05, 0.1) is 0 Å². The predicted molar refractivity (Wildman–Crippen MR) is 91.9 cm³/mol. The summed E-state index contributed by atoms with van der Waals surface area (Å²) >= 11 is 0. The first kappa shape index (κ1) is 18.0. The third-order valence-electron chi connectivity index (χ3n) is 4.86. The highest BCUT2D eigenvalue weighted by molar-refractivity contribution is 6.01. The van der Waals surface area contributed by atoms with Gasteiger partial charge in [0.2, 0.25) is 18.6 Å². The number of nitrogens with one attached hydrogen (secondary N) is 1. The highest BCUT2D eigenvalue weighted by Crippen LogP contribution is 2.34. The Morgan fingerprint density at radius 3 is 2.46 bits per heavy atom. The Kier molecular flexibility index (Phi) is 4.76. The summed E-state index contributed by atoms with van der Waals surface area (Å²) in [6, 6.07) is 5.21. The van der Waals surface area contributed by atoms with Gasteiger partial charge in [-0.25, -0.2) is 0 Å². The molecule has 8 heteroatoms. The van der Waals surface area contributed by atoms with Crippen LogP contribution in [0.5, 0.6) is 11.5 Å². The zero-order valence-corrected chi connectivity index (χ0v) is 14.8. The van der Waals surface area contributed by atoms with Gasteiger partial charge in [-0.2, -0.15) is 0 Å². The molecule has 26 heavy (non-hydrogen) atoms. The molecule has 2 aliphatic rings. The lowest BCUT2D eigenvalue weighted by atomic mass is 9.89. The lowest BCUT2D eigenvalue weighted by Crippen LogP contribution is -2.49. The van der Waals surface area contributed by atoms with E-state index in [2.05, 4.69) is 5.32 Å². The number of nitrogens with zero attached hydrogens (tertiary/aromatic N) is 1. The molecule has 0 atom stereocenters. The van der Waals surface area contributed by atoms with Crippen LogP contribution in [-0.2, 0) is 14.4 Å². The molecular formula is C18H22N2O6. The molecule has 0 aliphatic carbocycles. The normalized spacial score (nSPS) is 17.1. The number of carbonyl (C=O) groups is 3. The van der Waals surface area contributed by atoms with Gasteiger partial charge in [-0.1, -0.05) is 0 Å². The van der Waals surface area contributed by atoms with Crippen molar-refractivity contribution < 1.29 is 29.0 Å². The van der Waals surface area contributed by atoms with Gasteiger partial charge in [0.25, 0.3) is 0 Å². The van der Waals surface area contributed by atoms with Crippen LogP contribution in [0, 0.1) is 11.3 Å². The Labute approximate surface area is 151 Å². The van der Waals surface area contributed by atoms with E-state index in [9.17, 15) is 19.5 Å². The molecule has 0 bridgehead atoms. The minimum Gasteiger partial charge on any atom is -0.480 e. The highest BCUT2D eigenvalue weighted by atomic mass is 16.7. The van der Waals surface area contributed by atoms with Gasteiger partial charge in [0, 0.05) is 30.8 Å². The number of piperidine rings is 1. The smallest absolute Gasteiger partial charge is 0.318 e. The number of rotatable bonds is 4. The summed E-state index contributed by atoms with van der Waals surface area (Å²) in [5.41, 5.74) is -0.827. The first-order valence-electron chi connectivity index (χ1n) is 8.52. The maximum Gasteiger partial charge on any atom is 0.318 e. The molecule has 140 valence electrons. The van der Waals surface area contributed by atoms with E-state index in [0.29, 0.717) is 43.1 Å². The van der Waals surface area contributed by atoms with Crippen molar-refractivity contribution in [3.63, 3.8) is 0 Å². The SMILES string of the molecule is CC(C)(C(=O)O)C(=O)N1CCC(C(=O)Nc2ccc3c(c2)OCO3)CC1. The second-order valence-electron chi connectivity index (χ2n) is 7.05. The van der Waals surface area contributed by atoms with Crippen molar-refractivity contribution in [3.05, 3.63) is 18.2 Å². The van der Waals surface area contributed by atoms with E-state index >= 15 is 0 Å². The van der Waals surface area contributed by atoms with Crippen molar-refractivity contribution >= 4 is 23.5 Å². The minimum absolute atomic E-state index is 0.117. The standard InChI is InChI=1S/C18H22N2O6/c1-18(2,17(23)24)16(22)20-7-5-11(6-8-20)15(21)19-12-3-4-13-14(9-12)26-10-25-13/h3-4,9,11H,5-8,10H2,1-2H3,(H,19,21)(H,23,24). The molecule has 0 saturated carbocycles. The largest absolute Gasteiger partial charge is 0.480 e. The van der Waals surface area contributed by atoms with E-state index in [0.717, 1.165) is 0 Å². The van der Waals surface area contributed by atoms with E-state index < -0.39 is 17.3 Å². The lowest BCUT2D eigenvalue weighted by molar-refractivity contribution is -0.159. The highest BCUT2D eigenvalue weighted by Gasteiger charge is 2.40. The van der Waals surface area contributed by atoms with Crippen molar-refractivity contribution in [3.8, 4) is 11.5 Å². The number of fused-ring (bicyclic) bond motifs is 1. The van der Waals surface area contributed by atoms with Crippen LogP contribution in [0.3, 0.4) is 0 Å². The molecule has 0 aromatic heterocycles. The van der Waals surface area contributed by atoms with Crippen LogP contribution in [0.1, 0.15) is 26.7 Å². The molecular weight excluding hydrogens is 340 g/mol. The van der Waals surface area contributed by atoms with Crippen LogP contribution in [-0.4, -0.2) is 47.7 Å². The lowest BCUT2D eigenvalue weighted by Gasteiger charge is -2.35. The number of anilines is 1. The number of carboxylic acid groups (broad SMARTS) is 1. The Morgan fingerprint density at radius 1 is 1.15 bits per heavy atom. The van der Waals surface area contributed by atoms with Gasteiger partial charge in [-0.3, -0.25) is 14.4 Å². The van der Waals surface area contributed by atoms with E-state index in [1.165, 1.54) is 18.7 Å². The van der Waals surface area contributed by atoms with E-state index in [1.54, 1.807) is 18.2 Å². The summed E-state index contributed by atoms with van der Waals surface area (Å²) in [6.45, 7) is 3.71. The van der Waals surface area contributed by atoms with Crippen molar-refractivity contribution in [1.82, 2.24) is 4.90 Å². The van der Waals surface area contributed by atoms with E-state index in [4.69, 9.17) is 9.47 Å². The topological polar surface area (TPSA) is 105 Å².